The molecule has 0 amide bonds. The van der Waals surface area contributed by atoms with Gasteiger partial charge in [-0.2, -0.15) is 0 Å². The molecule has 0 N–H and O–H groups in total. The zero-order valence-electron chi connectivity index (χ0n) is 12.1. The van der Waals surface area contributed by atoms with Crippen molar-refractivity contribution in [1.82, 2.24) is 9.19 Å². The topological polar surface area (TPSA) is 53.4 Å². The second kappa shape index (κ2) is 7.17. The summed E-state index contributed by atoms with van der Waals surface area (Å²) in [5, 5.41) is 4.04. The maximum Gasteiger partial charge on any atom is 0.338 e. The van der Waals surface area contributed by atoms with Crippen molar-refractivity contribution in [2.45, 2.75) is 26.4 Å². The van der Waals surface area contributed by atoms with E-state index in [9.17, 15) is 4.79 Å². The van der Waals surface area contributed by atoms with Crippen LogP contribution in [0, 0.1) is 0 Å². The summed E-state index contributed by atoms with van der Waals surface area (Å²) in [6.45, 7) is 2.36. The van der Waals surface area contributed by atoms with E-state index in [0.29, 0.717) is 11.4 Å². The average molecular weight is 306 g/mol. The third kappa shape index (κ3) is 3.78. The lowest BCUT2D eigenvalue weighted by Crippen LogP contribution is -2.11. The second-order valence-electron chi connectivity index (χ2n) is 4.55. The number of carbonyl (C=O) groups excluding carboxylic acids is 1. The summed E-state index contributed by atoms with van der Waals surface area (Å²) in [6.07, 6.45) is 3.55. The highest BCUT2D eigenvalue weighted by Gasteiger charge is 2.16. The van der Waals surface area contributed by atoms with Gasteiger partial charge < -0.3 is 9.47 Å². The van der Waals surface area contributed by atoms with Crippen molar-refractivity contribution in [3.05, 3.63) is 47.2 Å². The van der Waals surface area contributed by atoms with Crippen molar-refractivity contribution in [2.75, 3.05) is 7.11 Å². The summed E-state index contributed by atoms with van der Waals surface area (Å²) in [5.74, 6) is 0.110. The van der Waals surface area contributed by atoms with Crippen LogP contribution in [0.5, 0.6) is 5.88 Å². The number of methoxy groups -OCH3 is 1. The maximum atomic E-state index is 11.9. The Kier molecular flexibility index (Phi) is 5.27. The van der Waals surface area contributed by atoms with Gasteiger partial charge in [0.05, 0.1) is 12.7 Å². The Morgan fingerprint density at radius 2 is 2.19 bits per heavy atom. The Bertz CT molecular complexity index is 625. The Balaban J connectivity index is 2.27. The Morgan fingerprint density at radius 1 is 1.38 bits per heavy atom. The fourth-order valence-corrected chi connectivity index (χ4v) is 2.29. The van der Waals surface area contributed by atoms with Crippen LogP contribution >= 0.6 is 12.8 Å². The summed E-state index contributed by atoms with van der Waals surface area (Å²) in [7, 11) is 1.38. The molecule has 0 atom stereocenters. The van der Waals surface area contributed by atoms with Gasteiger partial charge in [-0.25, -0.2) is 8.88 Å². The van der Waals surface area contributed by atoms with Crippen molar-refractivity contribution in [3.63, 3.8) is 0 Å². The zero-order valence-corrected chi connectivity index (χ0v) is 13.0. The van der Waals surface area contributed by atoms with Crippen molar-refractivity contribution in [1.29, 1.82) is 0 Å². The molecule has 0 spiro atoms. The molecule has 1 aromatic heterocycles. The molecule has 5 nitrogen and oxygen atoms in total. The van der Waals surface area contributed by atoms with Crippen LogP contribution in [0.15, 0.2) is 30.5 Å². The molecule has 6 heteroatoms. The predicted octanol–water partition coefficient (Wildman–Crippen LogP) is 2.89. The van der Waals surface area contributed by atoms with Gasteiger partial charge in [0.1, 0.15) is 6.61 Å². The molecule has 1 heterocycles. The molecule has 1 aromatic carbocycles. The first kappa shape index (κ1) is 15.4. The number of hydrogen-bond acceptors (Lipinski definition) is 5. The van der Waals surface area contributed by atoms with Crippen LogP contribution in [0.4, 0.5) is 0 Å². The number of thiol groups is 1. The van der Waals surface area contributed by atoms with E-state index in [2.05, 4.69) is 24.8 Å². The first-order chi connectivity index (χ1) is 10.2. The van der Waals surface area contributed by atoms with Gasteiger partial charge in [0.2, 0.25) is 5.88 Å². The van der Waals surface area contributed by atoms with Crippen molar-refractivity contribution < 1.29 is 14.3 Å². The van der Waals surface area contributed by atoms with E-state index >= 15 is 0 Å². The average Bonchev–Trinajstić information content (AvgIpc) is 2.91. The molecular weight excluding hydrogens is 288 g/mol. The van der Waals surface area contributed by atoms with Gasteiger partial charge in [-0.15, -0.1) is 5.10 Å². The number of carbonyl (C=O) groups is 1. The molecule has 0 aliphatic rings. The van der Waals surface area contributed by atoms with Crippen molar-refractivity contribution in [3.8, 4) is 5.88 Å². The second-order valence-corrected chi connectivity index (χ2v) is 4.96. The third-order valence-electron chi connectivity index (χ3n) is 3.11. The molecule has 0 bridgehead atoms. The van der Waals surface area contributed by atoms with Gasteiger partial charge in [-0.05, 0) is 30.9 Å². The van der Waals surface area contributed by atoms with Gasteiger partial charge in [0.25, 0.3) is 0 Å². The number of aryl methyl sites for hydroxylation is 1. The molecule has 21 heavy (non-hydrogen) atoms. The standard InChI is InChI=1S/C15H18N2O3S/c1-3-5-11-6-4-7-12(15(18)19-2)13(11)10-20-14-8-9-17(21)16-14/h4,6-9,21H,3,5,10H2,1-2H3. The lowest BCUT2D eigenvalue weighted by atomic mass is 9.98. The molecular formula is C15H18N2O3S. The van der Waals surface area contributed by atoms with E-state index in [1.165, 1.54) is 11.2 Å². The quantitative estimate of drug-likeness (QED) is 0.658. The fourth-order valence-electron chi connectivity index (χ4n) is 2.13. The Hall–Kier alpha value is -1.95. The monoisotopic (exact) mass is 306 g/mol. The number of rotatable bonds is 6. The van der Waals surface area contributed by atoms with Crippen LogP contribution in [0.2, 0.25) is 0 Å². The normalized spacial score (nSPS) is 10.4. The molecule has 0 radical (unpaired) electrons. The van der Waals surface area contributed by atoms with Crippen molar-refractivity contribution >= 4 is 18.8 Å². The van der Waals surface area contributed by atoms with E-state index in [1.54, 1.807) is 18.3 Å². The SMILES string of the molecule is CCCc1cccc(C(=O)OC)c1COc1ccn(S)n1. The maximum absolute atomic E-state index is 11.9. The fraction of sp³-hybridized carbons (Fsp3) is 0.333. The molecule has 2 aromatic rings. The number of aromatic nitrogens is 2. The molecule has 0 saturated heterocycles. The number of esters is 1. The van der Waals surface area contributed by atoms with Gasteiger partial charge in [-0.3, -0.25) is 0 Å². The van der Waals surface area contributed by atoms with Crippen LogP contribution in [-0.2, 0) is 17.8 Å². The number of benzene rings is 1. The molecule has 0 aliphatic heterocycles. The molecule has 0 unspecified atom stereocenters. The summed E-state index contributed by atoms with van der Waals surface area (Å²) in [6, 6.07) is 7.34. The van der Waals surface area contributed by atoms with Crippen LogP contribution in [-0.4, -0.2) is 22.3 Å². The Labute approximate surface area is 129 Å². The van der Waals surface area contributed by atoms with Crippen LogP contribution < -0.4 is 4.74 Å². The van der Waals surface area contributed by atoms with Crippen LogP contribution in [0.1, 0.15) is 34.8 Å². The number of ether oxygens (including phenoxy) is 2. The number of hydrogen-bond donors (Lipinski definition) is 1. The van der Waals surface area contributed by atoms with Crippen molar-refractivity contribution in [2.24, 2.45) is 0 Å². The van der Waals surface area contributed by atoms with Gasteiger partial charge in [0, 0.05) is 17.8 Å². The lowest BCUT2D eigenvalue weighted by molar-refractivity contribution is 0.0597. The molecule has 0 fully saturated rings. The number of nitrogens with zero attached hydrogens (tertiary/aromatic N) is 2. The molecule has 0 saturated carbocycles. The van der Waals surface area contributed by atoms with Gasteiger partial charge >= 0.3 is 5.97 Å². The van der Waals surface area contributed by atoms with Gasteiger partial charge in [-0.1, -0.05) is 25.5 Å². The molecule has 112 valence electrons. The van der Waals surface area contributed by atoms with Gasteiger partial charge in [0.15, 0.2) is 0 Å². The first-order valence-corrected chi connectivity index (χ1v) is 7.12. The van der Waals surface area contributed by atoms with Crippen LogP contribution in [0.25, 0.3) is 0 Å². The largest absolute Gasteiger partial charge is 0.472 e. The molecule has 0 aliphatic carbocycles. The first-order valence-electron chi connectivity index (χ1n) is 6.72. The van der Waals surface area contributed by atoms with E-state index in [-0.39, 0.29) is 12.6 Å². The minimum absolute atomic E-state index is 0.269. The summed E-state index contributed by atoms with van der Waals surface area (Å²) >= 11 is 4.06. The predicted molar refractivity (Wildman–Crippen MR) is 82.7 cm³/mol. The highest BCUT2D eigenvalue weighted by Crippen LogP contribution is 2.20. The van der Waals surface area contributed by atoms with E-state index in [1.807, 2.05) is 12.1 Å². The summed E-state index contributed by atoms with van der Waals surface area (Å²) in [4.78, 5) is 11.9. The Morgan fingerprint density at radius 3 is 2.81 bits per heavy atom. The zero-order chi connectivity index (χ0) is 15.2. The molecule has 2 rings (SSSR count). The minimum atomic E-state index is -0.355. The summed E-state index contributed by atoms with van der Waals surface area (Å²) < 4.78 is 11.9. The summed E-state index contributed by atoms with van der Waals surface area (Å²) in [5.41, 5.74) is 2.47. The van der Waals surface area contributed by atoms with E-state index in [0.717, 1.165) is 24.0 Å². The minimum Gasteiger partial charge on any atom is -0.472 e. The van der Waals surface area contributed by atoms with E-state index in [4.69, 9.17) is 9.47 Å². The highest BCUT2D eigenvalue weighted by molar-refractivity contribution is 7.78. The lowest BCUT2D eigenvalue weighted by Gasteiger charge is -2.13. The van der Waals surface area contributed by atoms with Crippen LogP contribution in [0.3, 0.4) is 0 Å². The smallest absolute Gasteiger partial charge is 0.338 e. The third-order valence-corrected chi connectivity index (χ3v) is 3.34. The highest BCUT2D eigenvalue weighted by atomic mass is 32.1. The van der Waals surface area contributed by atoms with E-state index < -0.39 is 0 Å².